The fourth-order valence-corrected chi connectivity index (χ4v) is 4.83. The molecule has 6 nitrogen and oxygen atoms in total. The molecule has 9 heteroatoms. The molecule has 3 amide bonds. The van der Waals surface area contributed by atoms with Crippen molar-refractivity contribution in [3.63, 3.8) is 0 Å². The van der Waals surface area contributed by atoms with Crippen molar-refractivity contribution < 1.29 is 9.59 Å². The number of anilines is 2. The number of hydrogen-bond acceptors (Lipinski definition) is 4. The minimum Gasteiger partial charge on any atom is -0.351 e. The van der Waals surface area contributed by atoms with Crippen LogP contribution < -0.4 is 20.4 Å². The number of hydrogen-bond donors (Lipinski definition) is 2. The van der Waals surface area contributed by atoms with E-state index < -0.39 is 0 Å². The van der Waals surface area contributed by atoms with Gasteiger partial charge >= 0.3 is 6.03 Å². The van der Waals surface area contributed by atoms with Crippen molar-refractivity contribution in [2.75, 3.05) is 36.0 Å². The van der Waals surface area contributed by atoms with Crippen molar-refractivity contribution in [2.45, 2.75) is 6.42 Å². The molecule has 2 aliphatic heterocycles. The molecule has 28 heavy (non-hydrogen) atoms. The molecular formula is C19H19ClN4O2S2. The third kappa shape index (κ3) is 3.99. The fraction of sp³-hybridized carbons (Fsp3) is 0.316. The maximum atomic E-state index is 12.2. The van der Waals surface area contributed by atoms with E-state index in [0.29, 0.717) is 28.8 Å². The lowest BCUT2D eigenvalue weighted by atomic mass is 10.1. The molecule has 2 aliphatic rings. The van der Waals surface area contributed by atoms with Gasteiger partial charge in [0.25, 0.3) is 5.91 Å². The van der Waals surface area contributed by atoms with E-state index in [1.165, 1.54) is 11.3 Å². The minimum absolute atomic E-state index is 0.0627. The van der Waals surface area contributed by atoms with E-state index in [-0.39, 0.29) is 17.9 Å². The van der Waals surface area contributed by atoms with E-state index in [2.05, 4.69) is 15.5 Å². The van der Waals surface area contributed by atoms with Crippen LogP contribution in [0.15, 0.2) is 36.4 Å². The molecule has 3 heterocycles. The number of benzene rings is 1. The molecule has 2 saturated heterocycles. The van der Waals surface area contributed by atoms with Crippen molar-refractivity contribution in [1.82, 2.24) is 10.6 Å². The van der Waals surface area contributed by atoms with Crippen molar-refractivity contribution >= 4 is 63.5 Å². The first-order valence-electron chi connectivity index (χ1n) is 9.00. The summed E-state index contributed by atoms with van der Waals surface area (Å²) in [6.07, 6.45) is 0.761. The molecule has 1 atom stereocenters. The molecule has 0 aliphatic carbocycles. The van der Waals surface area contributed by atoms with Crippen LogP contribution in [0.4, 0.5) is 16.2 Å². The number of nitrogens with zero attached hydrogens (tertiary/aromatic N) is 2. The zero-order valence-electron chi connectivity index (χ0n) is 15.0. The summed E-state index contributed by atoms with van der Waals surface area (Å²) in [5.74, 6) is 0.158. The topological polar surface area (TPSA) is 64.7 Å². The van der Waals surface area contributed by atoms with E-state index in [1.807, 2.05) is 24.3 Å². The Morgan fingerprint density at radius 1 is 1.21 bits per heavy atom. The molecule has 0 spiro atoms. The monoisotopic (exact) mass is 434 g/mol. The van der Waals surface area contributed by atoms with E-state index >= 15 is 0 Å². The van der Waals surface area contributed by atoms with Gasteiger partial charge in [-0.1, -0.05) is 23.8 Å². The second-order valence-corrected chi connectivity index (χ2v) is 8.97. The Bertz CT molecular complexity index is 915. The van der Waals surface area contributed by atoms with E-state index in [4.69, 9.17) is 23.8 Å². The summed E-state index contributed by atoms with van der Waals surface area (Å²) in [4.78, 5) is 29.3. The lowest BCUT2D eigenvalue weighted by molar-refractivity contribution is 0.0952. The van der Waals surface area contributed by atoms with Crippen LogP contribution in [0.3, 0.4) is 0 Å². The van der Waals surface area contributed by atoms with Crippen LogP contribution in [0.1, 0.15) is 16.1 Å². The number of rotatable bonds is 5. The molecule has 2 N–H and O–H groups in total. The van der Waals surface area contributed by atoms with Gasteiger partial charge in [0.15, 0.2) is 0 Å². The number of thiophene rings is 1. The standard InChI is InChI=1S/C19H19ClN4O2S2/c20-16-6-5-15(28-16)18(25)22-10-12-9-17(27)24(11-12)14-3-1-13(2-4-14)23-8-7-21-19(23)26/h1-6,12H,7-11H2,(H,21,26)(H,22,25)/t12-/m0/s1. The number of carbonyl (C=O) groups excluding carboxylic acids is 2. The Hall–Kier alpha value is -2.16. The van der Waals surface area contributed by atoms with Crippen molar-refractivity contribution in [2.24, 2.45) is 5.92 Å². The maximum Gasteiger partial charge on any atom is 0.321 e. The number of carbonyl (C=O) groups is 2. The van der Waals surface area contributed by atoms with Gasteiger partial charge < -0.3 is 15.5 Å². The van der Waals surface area contributed by atoms with Gasteiger partial charge in [-0.05, 0) is 36.4 Å². The SMILES string of the molecule is O=C(NC[C@@H]1CC(=S)N(c2ccc(N3CCNC3=O)cc2)C1)c1ccc(Cl)s1. The second-order valence-electron chi connectivity index (χ2n) is 6.79. The zero-order chi connectivity index (χ0) is 19.7. The highest BCUT2D eigenvalue weighted by Crippen LogP contribution is 2.28. The quantitative estimate of drug-likeness (QED) is 0.707. The van der Waals surface area contributed by atoms with Gasteiger partial charge in [0, 0.05) is 49.9 Å². The summed E-state index contributed by atoms with van der Waals surface area (Å²) >= 11 is 12.7. The summed E-state index contributed by atoms with van der Waals surface area (Å²) in [7, 11) is 0. The van der Waals surface area contributed by atoms with Crippen LogP contribution in [-0.2, 0) is 0 Å². The average molecular weight is 435 g/mol. The number of nitrogens with one attached hydrogen (secondary N) is 2. The van der Waals surface area contributed by atoms with Gasteiger partial charge in [-0.25, -0.2) is 4.79 Å². The normalized spacial score (nSPS) is 19.2. The molecule has 1 aromatic heterocycles. The van der Waals surface area contributed by atoms with E-state index in [9.17, 15) is 9.59 Å². The molecule has 2 aromatic rings. The highest BCUT2D eigenvalue weighted by Gasteiger charge is 2.28. The Morgan fingerprint density at radius 2 is 1.93 bits per heavy atom. The Morgan fingerprint density at radius 3 is 2.54 bits per heavy atom. The van der Waals surface area contributed by atoms with Gasteiger partial charge in [-0.15, -0.1) is 11.3 Å². The molecule has 0 unspecified atom stereocenters. The van der Waals surface area contributed by atoms with Crippen molar-refractivity contribution in [3.05, 3.63) is 45.6 Å². The first-order valence-corrected chi connectivity index (χ1v) is 10.6. The molecule has 0 saturated carbocycles. The summed E-state index contributed by atoms with van der Waals surface area (Å²) in [5, 5.41) is 5.77. The van der Waals surface area contributed by atoms with Gasteiger partial charge in [0.1, 0.15) is 0 Å². The lowest BCUT2D eigenvalue weighted by Crippen LogP contribution is -2.30. The number of amides is 3. The summed E-state index contributed by atoms with van der Waals surface area (Å²) in [5.41, 5.74) is 1.88. The number of urea groups is 1. The number of thiocarbonyl (C=S) groups is 1. The zero-order valence-corrected chi connectivity index (χ0v) is 17.4. The fourth-order valence-electron chi connectivity index (χ4n) is 3.46. The van der Waals surface area contributed by atoms with Gasteiger partial charge in [-0.2, -0.15) is 0 Å². The highest BCUT2D eigenvalue weighted by molar-refractivity contribution is 7.80. The molecule has 2 fully saturated rings. The minimum atomic E-state index is -0.102. The van der Waals surface area contributed by atoms with Gasteiger partial charge in [-0.3, -0.25) is 9.69 Å². The highest BCUT2D eigenvalue weighted by atomic mass is 35.5. The van der Waals surface area contributed by atoms with E-state index in [0.717, 1.165) is 29.3 Å². The first-order chi connectivity index (χ1) is 13.5. The summed E-state index contributed by atoms with van der Waals surface area (Å²) in [6.45, 7) is 2.67. The van der Waals surface area contributed by atoms with Gasteiger partial charge in [0.2, 0.25) is 0 Å². The molecule has 146 valence electrons. The van der Waals surface area contributed by atoms with Crippen molar-refractivity contribution in [1.29, 1.82) is 0 Å². The van der Waals surface area contributed by atoms with Crippen LogP contribution in [0.5, 0.6) is 0 Å². The third-order valence-corrected chi connectivity index (χ3v) is 6.50. The second kappa shape index (κ2) is 8.06. The molecule has 0 bridgehead atoms. The lowest BCUT2D eigenvalue weighted by Gasteiger charge is -2.21. The molecule has 1 aromatic carbocycles. The molecular weight excluding hydrogens is 416 g/mol. The average Bonchev–Trinajstić information content (AvgIpc) is 3.40. The number of halogens is 1. The van der Waals surface area contributed by atoms with Crippen LogP contribution in [-0.4, -0.2) is 43.1 Å². The largest absolute Gasteiger partial charge is 0.351 e. The van der Waals surface area contributed by atoms with Crippen molar-refractivity contribution in [3.8, 4) is 0 Å². The Balaban J connectivity index is 1.35. The Kier molecular flexibility index (Phi) is 5.52. The van der Waals surface area contributed by atoms with Crippen LogP contribution in [0, 0.1) is 5.92 Å². The smallest absolute Gasteiger partial charge is 0.321 e. The Labute approximate surface area is 177 Å². The third-order valence-electron chi connectivity index (χ3n) is 4.88. The first kappa shape index (κ1) is 19.2. The molecule has 0 radical (unpaired) electrons. The predicted molar refractivity (Wildman–Crippen MR) is 117 cm³/mol. The van der Waals surface area contributed by atoms with Crippen LogP contribution in [0.25, 0.3) is 0 Å². The van der Waals surface area contributed by atoms with Crippen LogP contribution in [0.2, 0.25) is 4.34 Å². The summed E-state index contributed by atoms with van der Waals surface area (Å²) < 4.78 is 0.605. The van der Waals surface area contributed by atoms with Gasteiger partial charge in [0.05, 0.1) is 14.2 Å². The van der Waals surface area contributed by atoms with Crippen LogP contribution >= 0.6 is 35.2 Å². The molecule has 4 rings (SSSR count). The van der Waals surface area contributed by atoms with E-state index in [1.54, 1.807) is 17.0 Å². The summed E-state index contributed by atoms with van der Waals surface area (Å²) in [6, 6.07) is 11.3. The maximum absolute atomic E-state index is 12.2. The predicted octanol–water partition coefficient (Wildman–Crippen LogP) is 3.51.